The molecule has 1 aliphatic rings. The number of anilines is 1. The van der Waals surface area contributed by atoms with Crippen LogP contribution >= 0.6 is 23.2 Å². The average Bonchev–Trinajstić information content (AvgIpc) is 2.97. The molecule has 0 saturated carbocycles. The van der Waals surface area contributed by atoms with Crippen LogP contribution in [0.25, 0.3) is 10.8 Å². The van der Waals surface area contributed by atoms with E-state index in [4.69, 9.17) is 27.9 Å². The number of fused-ring (bicyclic) bond motifs is 1. The summed E-state index contributed by atoms with van der Waals surface area (Å²) in [7, 11) is 0. The predicted molar refractivity (Wildman–Crippen MR) is 161 cm³/mol. The molecule has 0 atom stereocenters. The van der Waals surface area contributed by atoms with Crippen molar-refractivity contribution in [3.8, 4) is 5.75 Å². The maximum absolute atomic E-state index is 13.3. The molecule has 4 nitrogen and oxygen atoms in total. The maximum atomic E-state index is 13.3. The summed E-state index contributed by atoms with van der Waals surface area (Å²) < 4.78 is 19.5. The molecule has 1 heterocycles. The van der Waals surface area contributed by atoms with Gasteiger partial charge in [-0.05, 0) is 72.6 Å². The van der Waals surface area contributed by atoms with E-state index in [0.717, 1.165) is 81.2 Å². The van der Waals surface area contributed by atoms with Gasteiger partial charge < -0.3 is 15.0 Å². The van der Waals surface area contributed by atoms with Gasteiger partial charge in [-0.3, -0.25) is 4.90 Å². The minimum Gasteiger partial charge on any atom is -0.489 e. The second-order valence-corrected chi connectivity index (χ2v) is 10.7. The summed E-state index contributed by atoms with van der Waals surface area (Å²) in [4.78, 5) is 4.85. The van der Waals surface area contributed by atoms with Gasteiger partial charge in [-0.15, -0.1) is 0 Å². The predicted octanol–water partition coefficient (Wildman–Crippen LogP) is 7.56. The summed E-state index contributed by atoms with van der Waals surface area (Å²) in [5, 5.41) is 7.28. The molecular weight excluding hydrogens is 532 g/mol. The third-order valence-corrected chi connectivity index (χ3v) is 8.14. The van der Waals surface area contributed by atoms with Gasteiger partial charge in [0.1, 0.15) is 18.2 Å². The van der Waals surface area contributed by atoms with E-state index in [1.54, 1.807) is 12.1 Å². The highest BCUT2D eigenvalue weighted by Gasteiger charge is 2.19. The first-order valence-corrected chi connectivity index (χ1v) is 14.3. The lowest BCUT2D eigenvalue weighted by Crippen LogP contribution is -2.46. The highest BCUT2D eigenvalue weighted by molar-refractivity contribution is 6.43. The Morgan fingerprint density at radius 3 is 2.44 bits per heavy atom. The second kappa shape index (κ2) is 13.5. The SMILES string of the molecule is Fc1ccc(COc2ccc3ccccc3c2CNCCCCN2CCN(c3cccc(Cl)c3Cl)CC2)cc1. The summed E-state index contributed by atoms with van der Waals surface area (Å²) in [6, 6.07) is 24.8. The molecule has 39 heavy (non-hydrogen) atoms. The molecule has 0 unspecified atom stereocenters. The first-order valence-electron chi connectivity index (χ1n) is 13.6. The second-order valence-electron chi connectivity index (χ2n) is 9.96. The molecule has 4 aromatic carbocycles. The van der Waals surface area contributed by atoms with Gasteiger partial charge in [0.2, 0.25) is 0 Å². The molecule has 0 bridgehead atoms. The number of nitrogens with zero attached hydrogens (tertiary/aromatic N) is 2. The van der Waals surface area contributed by atoms with Crippen LogP contribution in [0.4, 0.5) is 10.1 Å². The van der Waals surface area contributed by atoms with Crippen LogP contribution < -0.4 is 15.0 Å². The maximum Gasteiger partial charge on any atom is 0.124 e. The molecule has 4 aromatic rings. The van der Waals surface area contributed by atoms with Gasteiger partial charge in [-0.1, -0.05) is 71.7 Å². The number of hydrogen-bond donors (Lipinski definition) is 1. The number of hydrogen-bond acceptors (Lipinski definition) is 4. The molecule has 1 aliphatic heterocycles. The Morgan fingerprint density at radius 2 is 1.62 bits per heavy atom. The summed E-state index contributed by atoms with van der Waals surface area (Å²) >= 11 is 12.6. The summed E-state index contributed by atoms with van der Waals surface area (Å²) in [5.41, 5.74) is 3.13. The molecule has 204 valence electrons. The van der Waals surface area contributed by atoms with Crippen molar-refractivity contribution in [1.29, 1.82) is 0 Å². The summed E-state index contributed by atoms with van der Waals surface area (Å²) in [6.07, 6.45) is 2.26. The van der Waals surface area contributed by atoms with Gasteiger partial charge in [0.25, 0.3) is 0 Å². The quantitative estimate of drug-likeness (QED) is 0.190. The van der Waals surface area contributed by atoms with Gasteiger partial charge in [-0.2, -0.15) is 0 Å². The normalized spacial score (nSPS) is 14.2. The number of rotatable bonds is 11. The summed E-state index contributed by atoms with van der Waals surface area (Å²) in [5.74, 6) is 0.627. The van der Waals surface area contributed by atoms with Crippen molar-refractivity contribution in [2.75, 3.05) is 44.2 Å². The molecular formula is C32H34Cl2FN3O. The van der Waals surface area contributed by atoms with E-state index in [0.29, 0.717) is 16.7 Å². The molecule has 0 spiro atoms. The lowest BCUT2D eigenvalue weighted by atomic mass is 10.0. The molecule has 1 saturated heterocycles. The lowest BCUT2D eigenvalue weighted by molar-refractivity contribution is 0.252. The van der Waals surface area contributed by atoms with Gasteiger partial charge in [0.15, 0.2) is 0 Å². The Kier molecular flexibility index (Phi) is 9.59. The highest BCUT2D eigenvalue weighted by atomic mass is 35.5. The Hall–Kier alpha value is -2.83. The molecule has 7 heteroatoms. The first-order chi connectivity index (χ1) is 19.1. The van der Waals surface area contributed by atoms with Crippen LogP contribution in [-0.4, -0.2) is 44.2 Å². The van der Waals surface area contributed by atoms with Crippen molar-refractivity contribution in [3.05, 3.63) is 106 Å². The minimum atomic E-state index is -0.237. The average molecular weight is 567 g/mol. The molecule has 5 rings (SSSR count). The van der Waals surface area contributed by atoms with Crippen molar-refractivity contribution < 1.29 is 9.13 Å². The van der Waals surface area contributed by atoms with E-state index in [1.165, 1.54) is 22.9 Å². The topological polar surface area (TPSA) is 27.7 Å². The van der Waals surface area contributed by atoms with Gasteiger partial charge >= 0.3 is 0 Å². The van der Waals surface area contributed by atoms with Gasteiger partial charge in [-0.25, -0.2) is 4.39 Å². The number of ether oxygens (including phenoxy) is 1. The molecule has 1 N–H and O–H groups in total. The third kappa shape index (κ3) is 7.23. The van der Waals surface area contributed by atoms with Crippen LogP contribution in [0.1, 0.15) is 24.0 Å². The Morgan fingerprint density at radius 1 is 0.821 bits per heavy atom. The molecule has 1 fully saturated rings. The zero-order valence-corrected chi connectivity index (χ0v) is 23.5. The fourth-order valence-electron chi connectivity index (χ4n) is 5.12. The standard InChI is InChI=1S/C32H34Cl2FN3O/c33-29-8-5-9-30(32(29)34)38-20-18-37(19-21-38)17-4-3-16-36-22-28-27-7-2-1-6-25(27)12-15-31(28)39-23-24-10-13-26(35)14-11-24/h1-2,5-15,36H,3-4,16-23H2. The Balaban J connectivity index is 1.08. The molecule has 0 amide bonds. The van der Waals surface area contributed by atoms with E-state index in [1.807, 2.05) is 24.3 Å². The van der Waals surface area contributed by atoms with Crippen LogP contribution in [0, 0.1) is 5.82 Å². The monoisotopic (exact) mass is 565 g/mol. The smallest absolute Gasteiger partial charge is 0.124 e. The van der Waals surface area contributed by atoms with Gasteiger partial charge in [0, 0.05) is 38.3 Å². The van der Waals surface area contributed by atoms with E-state index in [-0.39, 0.29) is 5.82 Å². The van der Waals surface area contributed by atoms with E-state index < -0.39 is 0 Å². The van der Waals surface area contributed by atoms with Crippen LogP contribution in [0.15, 0.2) is 78.9 Å². The van der Waals surface area contributed by atoms with E-state index >= 15 is 0 Å². The fraction of sp³-hybridized carbons (Fsp3) is 0.312. The largest absolute Gasteiger partial charge is 0.489 e. The van der Waals surface area contributed by atoms with E-state index in [9.17, 15) is 4.39 Å². The summed E-state index contributed by atoms with van der Waals surface area (Å²) in [6.45, 7) is 7.15. The highest BCUT2D eigenvalue weighted by Crippen LogP contribution is 2.33. The van der Waals surface area contributed by atoms with Crippen molar-refractivity contribution in [2.24, 2.45) is 0 Å². The first kappa shape index (κ1) is 27.7. The fourth-order valence-corrected chi connectivity index (χ4v) is 5.54. The molecule has 0 aromatic heterocycles. The number of piperazine rings is 1. The Bertz CT molecular complexity index is 1370. The van der Waals surface area contributed by atoms with Crippen molar-refractivity contribution in [3.63, 3.8) is 0 Å². The zero-order valence-electron chi connectivity index (χ0n) is 22.0. The Labute approximate surface area is 240 Å². The zero-order chi connectivity index (χ0) is 27.0. The lowest BCUT2D eigenvalue weighted by Gasteiger charge is -2.36. The van der Waals surface area contributed by atoms with Crippen LogP contribution in [0.5, 0.6) is 5.75 Å². The number of unbranched alkanes of at least 4 members (excludes halogenated alkanes) is 1. The van der Waals surface area contributed by atoms with Crippen molar-refractivity contribution in [2.45, 2.75) is 26.0 Å². The molecule has 0 radical (unpaired) electrons. The van der Waals surface area contributed by atoms with Crippen LogP contribution in [0.3, 0.4) is 0 Å². The number of halogens is 3. The third-order valence-electron chi connectivity index (χ3n) is 7.33. The molecule has 0 aliphatic carbocycles. The minimum absolute atomic E-state index is 0.237. The number of benzene rings is 4. The van der Waals surface area contributed by atoms with Crippen LogP contribution in [-0.2, 0) is 13.2 Å². The van der Waals surface area contributed by atoms with E-state index in [2.05, 4.69) is 45.4 Å². The number of nitrogens with one attached hydrogen (secondary N) is 1. The van der Waals surface area contributed by atoms with Crippen molar-refractivity contribution >= 4 is 39.7 Å². The van der Waals surface area contributed by atoms with Crippen molar-refractivity contribution in [1.82, 2.24) is 10.2 Å². The van der Waals surface area contributed by atoms with Crippen LogP contribution in [0.2, 0.25) is 10.0 Å². The van der Waals surface area contributed by atoms with Gasteiger partial charge in [0.05, 0.1) is 15.7 Å².